The van der Waals surface area contributed by atoms with Gasteiger partial charge in [-0.15, -0.1) is 0 Å². The summed E-state index contributed by atoms with van der Waals surface area (Å²) in [7, 11) is 0. The first-order chi connectivity index (χ1) is 12.4. The van der Waals surface area contributed by atoms with Crippen LogP contribution in [0.2, 0.25) is 0 Å². The van der Waals surface area contributed by atoms with Crippen molar-refractivity contribution >= 4 is 49.6 Å². The quantitative estimate of drug-likeness (QED) is 0.562. The van der Waals surface area contributed by atoms with E-state index in [-0.39, 0.29) is 18.1 Å². The molecule has 0 aliphatic heterocycles. The normalized spacial score (nSPS) is 10.7. The molecule has 0 saturated carbocycles. The predicted molar refractivity (Wildman–Crippen MR) is 101 cm³/mol. The highest BCUT2D eigenvalue weighted by atomic mass is 79.9. The van der Waals surface area contributed by atoms with Gasteiger partial charge < -0.3 is 10.4 Å². The van der Waals surface area contributed by atoms with Crippen LogP contribution in [-0.4, -0.2) is 36.5 Å². The van der Waals surface area contributed by atoms with E-state index in [9.17, 15) is 9.59 Å². The number of benzene rings is 1. The summed E-state index contributed by atoms with van der Waals surface area (Å²) in [5, 5.41) is 19.7. The minimum atomic E-state index is -1.14. The lowest BCUT2D eigenvalue weighted by Crippen LogP contribution is -2.20. The molecule has 0 saturated heterocycles. The highest BCUT2D eigenvalue weighted by molar-refractivity contribution is 9.10. The summed E-state index contributed by atoms with van der Waals surface area (Å²) in [5.74, 6) is -1.11. The minimum absolute atomic E-state index is 0.112. The second-order valence-electron chi connectivity index (χ2n) is 5.40. The van der Waals surface area contributed by atoms with E-state index in [0.717, 1.165) is 10.0 Å². The van der Waals surface area contributed by atoms with E-state index < -0.39 is 5.97 Å². The zero-order chi connectivity index (χ0) is 18.7. The van der Waals surface area contributed by atoms with Crippen LogP contribution in [0.1, 0.15) is 16.1 Å². The van der Waals surface area contributed by atoms with Crippen LogP contribution < -0.4 is 5.32 Å². The van der Waals surface area contributed by atoms with Crippen LogP contribution >= 0.6 is 31.9 Å². The van der Waals surface area contributed by atoms with E-state index in [1.807, 2.05) is 24.3 Å². The Morgan fingerprint density at radius 1 is 1.08 bits per heavy atom. The number of carbonyl (C=O) groups excluding carboxylic acids is 1. The Kier molecular flexibility index (Phi) is 5.52. The smallest absolute Gasteiger partial charge is 0.356 e. The number of carboxylic acid groups (broad SMARTS) is 1. The topological polar surface area (TPSA) is 102 Å². The number of nitrogens with one attached hydrogen (secondary N) is 1. The van der Waals surface area contributed by atoms with Crippen LogP contribution in [0.15, 0.2) is 51.7 Å². The fourth-order valence-electron chi connectivity index (χ4n) is 2.22. The molecule has 0 fully saturated rings. The maximum atomic E-state index is 12.1. The van der Waals surface area contributed by atoms with Crippen molar-refractivity contribution in [3.05, 3.63) is 62.9 Å². The molecular formula is C16H13Br2N5O3. The lowest BCUT2D eigenvalue weighted by Gasteiger charge is -2.04. The molecule has 134 valence electrons. The molecule has 0 atom stereocenters. The van der Waals surface area contributed by atoms with Gasteiger partial charge in [0, 0.05) is 16.9 Å². The van der Waals surface area contributed by atoms with Crippen molar-refractivity contribution < 1.29 is 14.7 Å². The van der Waals surface area contributed by atoms with Crippen LogP contribution in [0, 0.1) is 0 Å². The van der Waals surface area contributed by atoms with Crippen molar-refractivity contribution in [2.45, 2.75) is 13.1 Å². The zero-order valence-electron chi connectivity index (χ0n) is 13.3. The van der Waals surface area contributed by atoms with E-state index in [1.54, 1.807) is 10.9 Å². The summed E-state index contributed by atoms with van der Waals surface area (Å²) >= 11 is 6.77. The average Bonchev–Trinajstić information content (AvgIpc) is 3.17. The van der Waals surface area contributed by atoms with Gasteiger partial charge in [-0.2, -0.15) is 10.2 Å². The Morgan fingerprint density at radius 3 is 2.46 bits per heavy atom. The molecule has 3 aromatic rings. The molecule has 0 radical (unpaired) electrons. The maximum Gasteiger partial charge on any atom is 0.356 e. The molecule has 26 heavy (non-hydrogen) atoms. The second-order valence-corrected chi connectivity index (χ2v) is 7.17. The number of nitrogens with zero attached hydrogens (tertiary/aromatic N) is 4. The molecule has 8 nitrogen and oxygen atoms in total. The van der Waals surface area contributed by atoms with Gasteiger partial charge in [-0.3, -0.25) is 14.2 Å². The molecule has 0 unspecified atom stereocenters. The summed E-state index contributed by atoms with van der Waals surface area (Å²) in [4.78, 5) is 22.9. The summed E-state index contributed by atoms with van der Waals surface area (Å²) < 4.78 is 4.61. The summed E-state index contributed by atoms with van der Waals surface area (Å²) in [6.07, 6.45) is 3.21. The maximum absolute atomic E-state index is 12.1. The van der Waals surface area contributed by atoms with Gasteiger partial charge in [-0.1, -0.05) is 28.1 Å². The number of anilines is 1. The first-order valence-corrected chi connectivity index (χ1v) is 9.03. The number of carbonyl (C=O) groups is 2. The lowest BCUT2D eigenvalue weighted by molar-refractivity contribution is -0.116. The zero-order valence-corrected chi connectivity index (χ0v) is 16.4. The summed E-state index contributed by atoms with van der Waals surface area (Å²) in [5.41, 5.74) is 0.955. The third-order valence-corrected chi connectivity index (χ3v) is 4.51. The first kappa shape index (κ1) is 18.3. The fourth-order valence-corrected chi connectivity index (χ4v) is 2.90. The van der Waals surface area contributed by atoms with Gasteiger partial charge >= 0.3 is 5.97 Å². The Hall–Kier alpha value is -2.46. The van der Waals surface area contributed by atoms with Gasteiger partial charge in [0.1, 0.15) is 6.54 Å². The van der Waals surface area contributed by atoms with Crippen LogP contribution in [0.25, 0.3) is 0 Å². The molecule has 10 heteroatoms. The van der Waals surface area contributed by atoms with Gasteiger partial charge in [-0.25, -0.2) is 4.79 Å². The number of aromatic carboxylic acids is 1. The predicted octanol–water partition coefficient (Wildman–Crippen LogP) is 2.99. The van der Waals surface area contributed by atoms with Crippen LogP contribution in [0.4, 0.5) is 5.82 Å². The molecule has 0 aliphatic rings. The Morgan fingerprint density at radius 2 is 1.81 bits per heavy atom. The van der Waals surface area contributed by atoms with Gasteiger partial charge in [-0.05, 0) is 39.7 Å². The Balaban J connectivity index is 1.63. The third-order valence-electron chi connectivity index (χ3n) is 3.40. The first-order valence-electron chi connectivity index (χ1n) is 7.45. The molecule has 0 spiro atoms. The number of rotatable bonds is 6. The average molecular weight is 483 g/mol. The lowest BCUT2D eigenvalue weighted by atomic mass is 10.2. The molecule has 2 aromatic heterocycles. The van der Waals surface area contributed by atoms with Crippen LogP contribution in [0.5, 0.6) is 0 Å². The molecule has 0 bridgehead atoms. The number of hydrogen-bond acceptors (Lipinski definition) is 4. The molecule has 1 amide bonds. The number of amides is 1. The van der Waals surface area contributed by atoms with Crippen molar-refractivity contribution in [3.8, 4) is 0 Å². The SMILES string of the molecule is O=C(Cn1ccc(C(=O)O)n1)Nc1nn(Cc2ccc(Br)cc2)cc1Br. The second kappa shape index (κ2) is 7.83. The van der Waals surface area contributed by atoms with Gasteiger partial charge in [0.05, 0.1) is 11.0 Å². The molecular weight excluding hydrogens is 470 g/mol. The minimum Gasteiger partial charge on any atom is -0.476 e. The van der Waals surface area contributed by atoms with Crippen LogP contribution in [-0.2, 0) is 17.9 Å². The van der Waals surface area contributed by atoms with E-state index >= 15 is 0 Å². The number of hydrogen-bond donors (Lipinski definition) is 2. The Labute approximate surface area is 165 Å². The van der Waals surface area contributed by atoms with E-state index in [2.05, 4.69) is 47.4 Å². The molecule has 0 aliphatic carbocycles. The highest BCUT2D eigenvalue weighted by Crippen LogP contribution is 2.21. The van der Waals surface area contributed by atoms with Crippen molar-refractivity contribution in [3.63, 3.8) is 0 Å². The molecule has 2 N–H and O–H groups in total. The van der Waals surface area contributed by atoms with Gasteiger partial charge in [0.25, 0.3) is 0 Å². The monoisotopic (exact) mass is 481 g/mol. The van der Waals surface area contributed by atoms with Crippen molar-refractivity contribution in [2.24, 2.45) is 0 Å². The number of halogens is 2. The summed E-state index contributed by atoms with van der Waals surface area (Å²) in [6, 6.07) is 9.20. The van der Waals surface area contributed by atoms with Crippen LogP contribution in [0.3, 0.4) is 0 Å². The van der Waals surface area contributed by atoms with Crippen molar-refractivity contribution in [2.75, 3.05) is 5.32 Å². The van der Waals surface area contributed by atoms with Crippen molar-refractivity contribution in [1.82, 2.24) is 19.6 Å². The van der Waals surface area contributed by atoms with E-state index in [0.29, 0.717) is 16.8 Å². The number of carboxylic acids is 1. The van der Waals surface area contributed by atoms with Gasteiger partial charge in [0.2, 0.25) is 5.91 Å². The Bertz CT molecular complexity index is 949. The molecule has 3 rings (SSSR count). The van der Waals surface area contributed by atoms with E-state index in [4.69, 9.17) is 5.11 Å². The highest BCUT2D eigenvalue weighted by Gasteiger charge is 2.13. The fraction of sp³-hybridized carbons (Fsp3) is 0.125. The molecule has 2 heterocycles. The third kappa shape index (κ3) is 4.58. The van der Waals surface area contributed by atoms with Crippen molar-refractivity contribution in [1.29, 1.82) is 0 Å². The number of aromatic nitrogens is 4. The largest absolute Gasteiger partial charge is 0.476 e. The van der Waals surface area contributed by atoms with E-state index in [1.165, 1.54) is 16.9 Å². The standard InChI is InChI=1S/C16H13Br2N5O3/c17-11-3-1-10(2-4-11)7-23-8-12(18)15(21-23)19-14(24)9-22-6-5-13(20-22)16(25)26/h1-6,8H,7,9H2,(H,25,26)(H,19,21,24). The summed E-state index contributed by atoms with van der Waals surface area (Å²) in [6.45, 7) is 0.447. The molecule has 1 aromatic carbocycles. The van der Waals surface area contributed by atoms with Gasteiger partial charge in [0.15, 0.2) is 11.5 Å².